The summed E-state index contributed by atoms with van der Waals surface area (Å²) < 4.78 is 32.8. The third kappa shape index (κ3) is 7.17. The maximum absolute atomic E-state index is 13.6. The monoisotopic (exact) mass is 563 g/mol. The van der Waals surface area contributed by atoms with E-state index in [1.165, 1.54) is 17.7 Å². The largest absolute Gasteiger partial charge is 0.397 e. The Morgan fingerprint density at radius 1 is 1.02 bits per heavy atom. The predicted octanol–water partition coefficient (Wildman–Crippen LogP) is 4.63. The van der Waals surface area contributed by atoms with Gasteiger partial charge in [-0.2, -0.15) is 4.99 Å². The second-order valence-electron chi connectivity index (χ2n) is 10.6. The van der Waals surface area contributed by atoms with Crippen molar-refractivity contribution in [2.24, 2.45) is 10.7 Å². The second kappa shape index (κ2) is 12.6. The number of ether oxygens (including phenoxy) is 1. The first-order chi connectivity index (χ1) is 19.7. The van der Waals surface area contributed by atoms with E-state index in [-0.39, 0.29) is 34.8 Å². The van der Waals surface area contributed by atoms with E-state index in [0.29, 0.717) is 24.7 Å². The molecule has 0 bridgehead atoms. The molecule has 216 valence electrons. The number of rotatable bonds is 7. The number of amidine groups is 1. The van der Waals surface area contributed by atoms with Gasteiger partial charge >= 0.3 is 0 Å². The predicted molar refractivity (Wildman–Crippen MR) is 157 cm³/mol. The number of nitrogen functional groups attached to an aromatic ring is 1. The molecule has 11 heteroatoms. The fourth-order valence-electron chi connectivity index (χ4n) is 5.27. The first-order valence-corrected chi connectivity index (χ1v) is 13.8. The molecule has 3 heterocycles. The van der Waals surface area contributed by atoms with E-state index in [2.05, 4.69) is 38.6 Å². The van der Waals surface area contributed by atoms with Crippen molar-refractivity contribution in [3.05, 3.63) is 77.0 Å². The van der Waals surface area contributed by atoms with Crippen LogP contribution in [0.1, 0.15) is 53.2 Å². The maximum Gasteiger partial charge on any atom is 0.281 e. The van der Waals surface area contributed by atoms with E-state index in [1.807, 2.05) is 12.1 Å². The fourth-order valence-corrected chi connectivity index (χ4v) is 5.27. The Bertz CT molecular complexity index is 1410. The number of aliphatic imine (C=N–C) groups is 1. The van der Waals surface area contributed by atoms with Gasteiger partial charge in [0, 0.05) is 36.7 Å². The van der Waals surface area contributed by atoms with Gasteiger partial charge in [0.25, 0.3) is 5.91 Å². The van der Waals surface area contributed by atoms with Crippen molar-refractivity contribution in [2.45, 2.75) is 37.6 Å². The van der Waals surface area contributed by atoms with Gasteiger partial charge in [0.1, 0.15) is 23.1 Å². The number of nitrogens with one attached hydrogen (secondary N) is 2. The number of hydrogen-bond acceptors (Lipinski definition) is 7. The number of pyridine rings is 1. The van der Waals surface area contributed by atoms with Gasteiger partial charge in [0.05, 0.1) is 11.3 Å². The molecular weight excluding hydrogens is 528 g/mol. The Kier molecular flexibility index (Phi) is 8.75. The van der Waals surface area contributed by atoms with Crippen LogP contribution in [-0.4, -0.2) is 61.0 Å². The van der Waals surface area contributed by atoms with Gasteiger partial charge in [-0.3, -0.25) is 4.79 Å². The number of hydrogen-bond donors (Lipinski definition) is 4. The van der Waals surface area contributed by atoms with Gasteiger partial charge in [-0.1, -0.05) is 6.07 Å². The summed E-state index contributed by atoms with van der Waals surface area (Å²) in [5.41, 5.74) is 15.1. The number of carbonyl (C=O) groups excluding carboxylic acids is 1. The van der Waals surface area contributed by atoms with Gasteiger partial charge in [-0.15, -0.1) is 0 Å². The van der Waals surface area contributed by atoms with Crippen LogP contribution in [0.15, 0.2) is 53.5 Å². The van der Waals surface area contributed by atoms with Crippen LogP contribution in [0.3, 0.4) is 0 Å². The minimum Gasteiger partial charge on any atom is -0.397 e. The molecule has 0 aliphatic carbocycles. The molecule has 0 unspecified atom stereocenters. The van der Waals surface area contributed by atoms with Crippen molar-refractivity contribution in [3.63, 3.8) is 0 Å². The number of piperidine rings is 1. The lowest BCUT2D eigenvalue weighted by Crippen LogP contribution is -2.30. The van der Waals surface area contributed by atoms with E-state index in [9.17, 15) is 13.6 Å². The molecule has 2 fully saturated rings. The lowest BCUT2D eigenvalue weighted by atomic mass is 9.88. The highest BCUT2D eigenvalue weighted by Gasteiger charge is 2.23. The molecule has 1 aromatic heterocycles. The Morgan fingerprint density at radius 2 is 1.73 bits per heavy atom. The van der Waals surface area contributed by atoms with Gasteiger partial charge in [0.15, 0.2) is 5.84 Å². The zero-order valence-corrected chi connectivity index (χ0v) is 23.0. The van der Waals surface area contributed by atoms with Crippen molar-refractivity contribution in [2.75, 3.05) is 49.7 Å². The third-order valence-electron chi connectivity index (χ3n) is 7.57. The number of amides is 1. The van der Waals surface area contributed by atoms with Gasteiger partial charge in [-0.05, 0) is 93.7 Å². The minimum absolute atomic E-state index is 0.0853. The highest BCUT2D eigenvalue weighted by atomic mass is 19.1. The summed E-state index contributed by atoms with van der Waals surface area (Å²) in [4.78, 5) is 24.3. The lowest BCUT2D eigenvalue weighted by Gasteiger charge is -2.30. The average Bonchev–Trinajstić information content (AvgIpc) is 2.94. The van der Waals surface area contributed by atoms with Crippen LogP contribution >= 0.6 is 0 Å². The quantitative estimate of drug-likeness (QED) is 0.242. The second-order valence-corrected chi connectivity index (χ2v) is 10.6. The molecule has 41 heavy (non-hydrogen) atoms. The first kappa shape index (κ1) is 28.4. The third-order valence-corrected chi connectivity index (χ3v) is 7.57. The number of likely N-dealkylation sites (tertiary alicyclic amines) is 1. The average molecular weight is 564 g/mol. The van der Waals surface area contributed by atoms with Crippen molar-refractivity contribution < 1.29 is 18.3 Å². The SMILES string of the molecule is CN1CCC(c2ccc(C(=O)N=C(N)c3nc(Nc4cc(F)cc(F)c4)ccc3N)c(NC3CCOCC3)c2)CC1. The van der Waals surface area contributed by atoms with Gasteiger partial charge in [0.2, 0.25) is 0 Å². The lowest BCUT2D eigenvalue weighted by molar-refractivity contribution is 0.0904. The number of nitrogens with two attached hydrogens (primary N) is 2. The van der Waals surface area contributed by atoms with Crippen molar-refractivity contribution in [1.82, 2.24) is 9.88 Å². The Labute approximate surface area is 238 Å². The molecule has 1 amide bonds. The van der Waals surface area contributed by atoms with Crippen LogP contribution in [0.4, 0.5) is 31.7 Å². The molecule has 6 N–H and O–H groups in total. The van der Waals surface area contributed by atoms with Crippen molar-refractivity contribution in [1.29, 1.82) is 0 Å². The van der Waals surface area contributed by atoms with E-state index in [1.54, 1.807) is 0 Å². The topological polar surface area (TPSA) is 131 Å². The Balaban J connectivity index is 1.41. The van der Waals surface area contributed by atoms with Gasteiger partial charge in [-0.25, -0.2) is 13.8 Å². The molecule has 3 aromatic rings. The molecule has 2 aliphatic heterocycles. The van der Waals surface area contributed by atoms with E-state index < -0.39 is 17.5 Å². The number of aromatic nitrogens is 1. The molecule has 2 aliphatic rings. The summed E-state index contributed by atoms with van der Waals surface area (Å²) >= 11 is 0. The first-order valence-electron chi connectivity index (χ1n) is 13.8. The standard InChI is InChI=1S/C30H35F2N7O2/c1-39-10-6-18(7-11-39)19-2-3-24(26(14-19)35-22-8-12-41-13-9-22)30(40)38-29(34)28-25(33)4-5-27(37-28)36-23-16-20(31)15-21(32)17-23/h2-5,14-18,22,35H,6-13,33H2,1H3,(H,36,37)(H2,34,38,40). The van der Waals surface area contributed by atoms with Crippen LogP contribution < -0.4 is 22.1 Å². The number of halogens is 2. The van der Waals surface area contributed by atoms with Crippen LogP contribution in [0.2, 0.25) is 0 Å². The van der Waals surface area contributed by atoms with Crippen molar-refractivity contribution in [3.8, 4) is 0 Å². The number of anilines is 4. The van der Waals surface area contributed by atoms with Crippen LogP contribution in [0, 0.1) is 11.6 Å². The van der Waals surface area contributed by atoms with Crippen molar-refractivity contribution >= 4 is 34.6 Å². The molecule has 2 saturated heterocycles. The van der Waals surface area contributed by atoms with Crippen LogP contribution in [-0.2, 0) is 4.74 Å². The normalized spacial score (nSPS) is 17.4. The smallest absolute Gasteiger partial charge is 0.281 e. The summed E-state index contributed by atoms with van der Waals surface area (Å²) in [5, 5.41) is 6.38. The number of nitrogens with zero attached hydrogens (tertiary/aromatic N) is 3. The fraction of sp³-hybridized carbons (Fsp3) is 0.367. The molecule has 9 nitrogen and oxygen atoms in total. The summed E-state index contributed by atoms with van der Waals surface area (Å²) in [6.07, 6.45) is 3.80. The summed E-state index contributed by atoms with van der Waals surface area (Å²) in [7, 11) is 2.13. The maximum atomic E-state index is 13.6. The zero-order valence-electron chi connectivity index (χ0n) is 23.0. The number of benzene rings is 2. The van der Waals surface area contributed by atoms with E-state index >= 15 is 0 Å². The van der Waals surface area contributed by atoms with E-state index in [4.69, 9.17) is 16.2 Å². The summed E-state index contributed by atoms with van der Waals surface area (Å²) in [5.74, 6) is -1.51. The van der Waals surface area contributed by atoms with Crippen LogP contribution in [0.25, 0.3) is 0 Å². The summed E-state index contributed by atoms with van der Waals surface area (Å²) in [6, 6.07) is 12.1. The molecule has 0 radical (unpaired) electrons. The summed E-state index contributed by atoms with van der Waals surface area (Å²) in [6.45, 7) is 3.40. The molecule has 0 saturated carbocycles. The van der Waals surface area contributed by atoms with Crippen LogP contribution in [0.5, 0.6) is 0 Å². The molecule has 2 aromatic carbocycles. The minimum atomic E-state index is -0.734. The molecular formula is C30H35F2N7O2. The zero-order chi connectivity index (χ0) is 28.9. The van der Waals surface area contributed by atoms with Gasteiger partial charge < -0.3 is 31.7 Å². The Morgan fingerprint density at radius 3 is 2.44 bits per heavy atom. The highest BCUT2D eigenvalue weighted by molar-refractivity contribution is 6.11. The number of carbonyl (C=O) groups is 1. The molecule has 0 spiro atoms. The highest BCUT2D eigenvalue weighted by Crippen LogP contribution is 2.32. The molecule has 5 rings (SSSR count). The van der Waals surface area contributed by atoms with E-state index in [0.717, 1.165) is 62.7 Å². The molecule has 0 atom stereocenters. The Hall–Kier alpha value is -4.09.